The fourth-order valence-electron chi connectivity index (χ4n) is 2.20. The molecule has 3 aromatic heterocycles. The van der Waals surface area contributed by atoms with Gasteiger partial charge in [-0.3, -0.25) is 14.9 Å². The normalized spacial score (nSPS) is 10.9. The van der Waals surface area contributed by atoms with Crippen LogP contribution >= 0.6 is 22.9 Å². The molecule has 1 amide bonds. The molecule has 1 aromatic carbocycles. The highest BCUT2D eigenvalue weighted by atomic mass is 35.5. The second kappa shape index (κ2) is 6.15. The molecular formula is C16H8ClN3O4S. The van der Waals surface area contributed by atoms with Gasteiger partial charge in [0.2, 0.25) is 5.43 Å². The number of anilines is 1. The van der Waals surface area contributed by atoms with Crippen LogP contribution in [0, 0.1) is 0 Å². The van der Waals surface area contributed by atoms with Gasteiger partial charge >= 0.3 is 6.01 Å². The number of thiophene rings is 1. The van der Waals surface area contributed by atoms with E-state index in [1.54, 1.807) is 36.4 Å². The van der Waals surface area contributed by atoms with Crippen molar-refractivity contribution in [2.75, 3.05) is 5.32 Å². The lowest BCUT2D eigenvalue weighted by molar-refractivity contribution is 0.102. The van der Waals surface area contributed by atoms with Gasteiger partial charge in [-0.1, -0.05) is 28.8 Å². The third kappa shape index (κ3) is 2.92. The summed E-state index contributed by atoms with van der Waals surface area (Å²) < 4.78 is 11.3. The topological polar surface area (TPSA) is 98.2 Å². The number of nitrogens with zero attached hydrogens (tertiary/aromatic N) is 2. The van der Waals surface area contributed by atoms with Gasteiger partial charge in [0, 0.05) is 0 Å². The van der Waals surface area contributed by atoms with E-state index in [9.17, 15) is 9.59 Å². The van der Waals surface area contributed by atoms with Crippen LogP contribution in [0.1, 0.15) is 10.4 Å². The Balaban J connectivity index is 1.61. The minimum atomic E-state index is -0.695. The Morgan fingerprint density at radius 2 is 2.00 bits per heavy atom. The van der Waals surface area contributed by atoms with Crippen molar-refractivity contribution in [3.05, 3.63) is 62.8 Å². The zero-order valence-corrected chi connectivity index (χ0v) is 13.9. The third-order valence-corrected chi connectivity index (χ3v) is 4.57. The Kier molecular flexibility index (Phi) is 3.83. The van der Waals surface area contributed by atoms with E-state index in [1.807, 2.05) is 0 Å². The summed E-state index contributed by atoms with van der Waals surface area (Å²) in [5.74, 6) is -0.475. The Hall–Kier alpha value is -2.97. The predicted octanol–water partition coefficient (Wildman–Crippen LogP) is 3.81. The van der Waals surface area contributed by atoms with Crippen LogP contribution in [0.4, 0.5) is 6.01 Å². The minimum absolute atomic E-state index is 0.128. The number of carbonyl (C=O) groups excluding carboxylic acids is 1. The van der Waals surface area contributed by atoms with Crippen molar-refractivity contribution in [3.8, 4) is 10.8 Å². The maximum Gasteiger partial charge on any atom is 0.322 e. The van der Waals surface area contributed by atoms with Crippen LogP contribution in [0.3, 0.4) is 0 Å². The Bertz CT molecular complexity index is 1150. The highest BCUT2D eigenvalue weighted by molar-refractivity contribution is 7.19. The largest absolute Gasteiger partial charge is 0.463 e. The zero-order valence-electron chi connectivity index (χ0n) is 12.4. The van der Waals surface area contributed by atoms with E-state index in [1.165, 1.54) is 11.3 Å². The molecule has 0 radical (unpaired) electrons. The number of halogens is 1. The molecule has 7 nitrogen and oxygen atoms in total. The number of hydrogen-bond donors (Lipinski definition) is 1. The molecule has 9 heteroatoms. The third-order valence-electron chi connectivity index (χ3n) is 3.35. The second-order valence-corrected chi connectivity index (χ2v) is 6.66. The molecule has 4 aromatic rings. The lowest BCUT2D eigenvalue weighted by Crippen LogP contribution is -2.21. The van der Waals surface area contributed by atoms with Gasteiger partial charge in [0.25, 0.3) is 11.8 Å². The summed E-state index contributed by atoms with van der Waals surface area (Å²) >= 11 is 7.13. The van der Waals surface area contributed by atoms with Crippen LogP contribution in [0.5, 0.6) is 0 Å². The minimum Gasteiger partial charge on any atom is -0.463 e. The molecule has 0 fully saturated rings. The van der Waals surface area contributed by atoms with Crippen molar-refractivity contribution in [1.29, 1.82) is 0 Å². The van der Waals surface area contributed by atoms with Gasteiger partial charge in [-0.15, -0.1) is 16.4 Å². The molecule has 0 atom stereocenters. The monoisotopic (exact) mass is 373 g/mol. The molecule has 124 valence electrons. The van der Waals surface area contributed by atoms with Crippen LogP contribution in [-0.2, 0) is 0 Å². The summed E-state index contributed by atoms with van der Waals surface area (Å²) in [5.41, 5.74) is -0.194. The molecule has 0 unspecified atom stereocenters. The van der Waals surface area contributed by atoms with Crippen LogP contribution in [0.25, 0.3) is 21.7 Å². The SMILES string of the molecule is O=C(Nc1nnc(-c2ccc(Cl)s2)o1)c1coc2ccccc2c1=O. The molecule has 0 saturated heterocycles. The van der Waals surface area contributed by atoms with Crippen molar-refractivity contribution < 1.29 is 13.6 Å². The first kappa shape index (κ1) is 15.6. The Morgan fingerprint density at radius 1 is 1.16 bits per heavy atom. The lowest BCUT2D eigenvalue weighted by atomic mass is 10.1. The molecule has 3 heterocycles. The number of para-hydroxylation sites is 1. The van der Waals surface area contributed by atoms with Gasteiger partial charge in [-0.05, 0) is 24.3 Å². The summed E-state index contributed by atoms with van der Waals surface area (Å²) in [6.07, 6.45) is 1.11. The first-order chi connectivity index (χ1) is 12.1. The van der Waals surface area contributed by atoms with Crippen LogP contribution < -0.4 is 10.7 Å². The van der Waals surface area contributed by atoms with Crippen molar-refractivity contribution in [2.45, 2.75) is 0 Å². The van der Waals surface area contributed by atoms with Crippen molar-refractivity contribution in [2.24, 2.45) is 0 Å². The fourth-order valence-corrected chi connectivity index (χ4v) is 3.17. The quantitative estimate of drug-likeness (QED) is 0.586. The highest BCUT2D eigenvalue weighted by Gasteiger charge is 2.18. The fraction of sp³-hybridized carbons (Fsp3) is 0. The smallest absolute Gasteiger partial charge is 0.322 e. The molecular weight excluding hydrogens is 366 g/mol. The molecule has 0 spiro atoms. The Labute approximate surface area is 148 Å². The van der Waals surface area contributed by atoms with E-state index in [0.717, 1.165) is 6.26 Å². The van der Waals surface area contributed by atoms with E-state index in [2.05, 4.69) is 15.5 Å². The number of aromatic nitrogens is 2. The van der Waals surface area contributed by atoms with Gasteiger partial charge in [-0.2, -0.15) is 0 Å². The maximum atomic E-state index is 12.4. The number of hydrogen-bond acceptors (Lipinski definition) is 7. The summed E-state index contributed by atoms with van der Waals surface area (Å²) in [5, 5.41) is 10.3. The molecule has 0 aliphatic carbocycles. The zero-order chi connectivity index (χ0) is 17.4. The van der Waals surface area contributed by atoms with Crippen LogP contribution in [-0.4, -0.2) is 16.1 Å². The number of benzene rings is 1. The summed E-state index contributed by atoms with van der Waals surface area (Å²) in [6.45, 7) is 0. The van der Waals surface area contributed by atoms with Gasteiger partial charge in [-0.25, -0.2) is 0 Å². The first-order valence-corrected chi connectivity index (χ1v) is 8.22. The number of fused-ring (bicyclic) bond motifs is 1. The first-order valence-electron chi connectivity index (χ1n) is 7.03. The van der Waals surface area contributed by atoms with E-state index < -0.39 is 11.3 Å². The number of rotatable bonds is 3. The summed E-state index contributed by atoms with van der Waals surface area (Å²) in [4.78, 5) is 25.4. The molecule has 4 rings (SSSR count). The highest BCUT2D eigenvalue weighted by Crippen LogP contribution is 2.30. The number of nitrogens with one attached hydrogen (secondary N) is 1. The standard InChI is InChI=1S/C16H8ClN3O4S/c17-12-6-5-11(25-12)15-19-20-16(24-15)18-14(22)9-7-23-10-4-2-1-3-8(10)13(9)21/h1-7H,(H,18,20,22). The van der Waals surface area contributed by atoms with Crippen LogP contribution in [0.2, 0.25) is 4.34 Å². The summed E-state index contributed by atoms with van der Waals surface area (Å²) in [6, 6.07) is 9.96. The van der Waals surface area contributed by atoms with E-state index >= 15 is 0 Å². The van der Waals surface area contributed by atoms with Gasteiger partial charge < -0.3 is 8.83 Å². The summed E-state index contributed by atoms with van der Waals surface area (Å²) in [7, 11) is 0. The molecule has 25 heavy (non-hydrogen) atoms. The maximum absolute atomic E-state index is 12.4. The van der Waals surface area contributed by atoms with E-state index in [0.29, 0.717) is 20.2 Å². The average Bonchev–Trinajstić information content (AvgIpc) is 3.24. The molecule has 0 aliphatic heterocycles. The van der Waals surface area contributed by atoms with Crippen LogP contribution in [0.15, 0.2) is 56.3 Å². The molecule has 0 saturated carbocycles. The van der Waals surface area contributed by atoms with Gasteiger partial charge in [0.1, 0.15) is 17.4 Å². The molecule has 0 aliphatic rings. The van der Waals surface area contributed by atoms with Crippen molar-refractivity contribution >= 4 is 45.8 Å². The van der Waals surface area contributed by atoms with E-state index in [4.69, 9.17) is 20.4 Å². The average molecular weight is 374 g/mol. The van der Waals surface area contributed by atoms with Gasteiger partial charge in [0.15, 0.2) is 0 Å². The van der Waals surface area contributed by atoms with Crippen molar-refractivity contribution in [1.82, 2.24) is 10.2 Å². The second-order valence-electron chi connectivity index (χ2n) is 4.94. The van der Waals surface area contributed by atoms with Crippen molar-refractivity contribution in [3.63, 3.8) is 0 Å². The Morgan fingerprint density at radius 3 is 2.80 bits per heavy atom. The van der Waals surface area contributed by atoms with E-state index in [-0.39, 0.29) is 17.5 Å². The molecule has 0 bridgehead atoms. The molecule has 1 N–H and O–H groups in total. The van der Waals surface area contributed by atoms with Gasteiger partial charge in [0.05, 0.1) is 14.6 Å². The number of carbonyl (C=O) groups is 1. The number of amides is 1. The lowest BCUT2D eigenvalue weighted by Gasteiger charge is -2.01. The predicted molar refractivity (Wildman–Crippen MR) is 93.1 cm³/mol.